The Morgan fingerprint density at radius 1 is 1.41 bits per heavy atom. The summed E-state index contributed by atoms with van der Waals surface area (Å²) in [4.78, 5) is 14.7. The predicted molar refractivity (Wildman–Crippen MR) is 85.7 cm³/mol. The van der Waals surface area contributed by atoms with Gasteiger partial charge in [0.2, 0.25) is 5.91 Å². The van der Waals surface area contributed by atoms with E-state index in [9.17, 15) is 9.90 Å². The predicted octanol–water partition coefficient (Wildman–Crippen LogP) is 3.30. The fourth-order valence-electron chi connectivity index (χ4n) is 2.78. The number of amides is 1. The van der Waals surface area contributed by atoms with E-state index in [2.05, 4.69) is 0 Å². The second-order valence-corrected chi connectivity index (χ2v) is 6.92. The first-order valence-corrected chi connectivity index (χ1v) is 7.86. The summed E-state index contributed by atoms with van der Waals surface area (Å²) in [5.74, 6) is 0.381. The molecule has 22 heavy (non-hydrogen) atoms. The van der Waals surface area contributed by atoms with Crippen LogP contribution in [0.25, 0.3) is 11.0 Å². The molecule has 2 aromatic rings. The SMILES string of the molecule is CC(C(=O)N(CC(C)(C)O)C1CC1)c1cc2ccccc2o1. The average Bonchev–Trinajstić information content (AvgIpc) is 3.20. The van der Waals surface area contributed by atoms with Gasteiger partial charge in [-0.05, 0) is 45.7 Å². The molecule has 1 fully saturated rings. The molecule has 118 valence electrons. The van der Waals surface area contributed by atoms with Crippen molar-refractivity contribution in [1.29, 1.82) is 0 Å². The van der Waals surface area contributed by atoms with Crippen molar-refractivity contribution < 1.29 is 14.3 Å². The summed E-state index contributed by atoms with van der Waals surface area (Å²) in [6.07, 6.45) is 2.04. The van der Waals surface area contributed by atoms with Crippen molar-refractivity contribution in [3.8, 4) is 0 Å². The van der Waals surface area contributed by atoms with Crippen molar-refractivity contribution in [2.75, 3.05) is 6.54 Å². The van der Waals surface area contributed by atoms with Crippen LogP contribution in [0.15, 0.2) is 34.7 Å². The molecule has 1 heterocycles. The van der Waals surface area contributed by atoms with Crippen LogP contribution in [0.4, 0.5) is 0 Å². The second kappa shape index (κ2) is 5.43. The molecule has 0 saturated heterocycles. The highest BCUT2D eigenvalue weighted by molar-refractivity contribution is 5.86. The molecule has 1 aromatic heterocycles. The standard InChI is InChI=1S/C18H23NO3/c1-12(16-10-13-6-4-5-7-15(13)22-16)17(20)19(14-8-9-14)11-18(2,3)21/h4-7,10,12,14,21H,8-9,11H2,1-3H3. The number of fused-ring (bicyclic) bond motifs is 1. The van der Waals surface area contributed by atoms with E-state index in [0.29, 0.717) is 12.3 Å². The molecule has 1 unspecified atom stereocenters. The smallest absolute Gasteiger partial charge is 0.233 e. The Morgan fingerprint density at radius 2 is 2.09 bits per heavy atom. The van der Waals surface area contributed by atoms with Crippen LogP contribution in [0.1, 0.15) is 45.3 Å². The van der Waals surface area contributed by atoms with E-state index >= 15 is 0 Å². The first-order valence-electron chi connectivity index (χ1n) is 7.86. The van der Waals surface area contributed by atoms with Gasteiger partial charge in [-0.3, -0.25) is 4.79 Å². The largest absolute Gasteiger partial charge is 0.460 e. The van der Waals surface area contributed by atoms with Gasteiger partial charge in [0.05, 0.1) is 11.5 Å². The zero-order valence-corrected chi connectivity index (χ0v) is 13.4. The Labute approximate surface area is 130 Å². The van der Waals surface area contributed by atoms with Gasteiger partial charge in [0.25, 0.3) is 0 Å². The van der Waals surface area contributed by atoms with Gasteiger partial charge in [0, 0.05) is 18.0 Å². The molecular weight excluding hydrogens is 278 g/mol. The summed E-state index contributed by atoms with van der Waals surface area (Å²) < 4.78 is 5.82. The summed E-state index contributed by atoms with van der Waals surface area (Å²) in [6, 6.07) is 9.98. The fourth-order valence-corrected chi connectivity index (χ4v) is 2.78. The van der Waals surface area contributed by atoms with Gasteiger partial charge in [-0.15, -0.1) is 0 Å². The highest BCUT2D eigenvalue weighted by Crippen LogP contribution is 2.33. The highest BCUT2D eigenvalue weighted by atomic mass is 16.3. The number of aliphatic hydroxyl groups is 1. The zero-order chi connectivity index (χ0) is 15.9. The van der Waals surface area contributed by atoms with Crippen molar-refractivity contribution in [3.63, 3.8) is 0 Å². The van der Waals surface area contributed by atoms with E-state index in [4.69, 9.17) is 4.42 Å². The molecular formula is C18H23NO3. The number of carbonyl (C=O) groups is 1. The zero-order valence-electron chi connectivity index (χ0n) is 13.4. The minimum atomic E-state index is -0.883. The molecule has 4 nitrogen and oxygen atoms in total. The summed E-state index contributed by atoms with van der Waals surface area (Å²) in [6.45, 7) is 5.71. The number of furan rings is 1. The molecule has 1 N–H and O–H groups in total. The van der Waals surface area contributed by atoms with E-state index in [-0.39, 0.29) is 17.9 Å². The molecule has 1 amide bonds. The number of nitrogens with zero attached hydrogens (tertiary/aromatic N) is 1. The summed E-state index contributed by atoms with van der Waals surface area (Å²) in [5.41, 5.74) is -0.0797. The first kappa shape index (κ1) is 15.1. The summed E-state index contributed by atoms with van der Waals surface area (Å²) in [7, 11) is 0. The van der Waals surface area contributed by atoms with Crippen molar-refractivity contribution in [2.45, 2.75) is 51.2 Å². The Morgan fingerprint density at radius 3 is 2.68 bits per heavy atom. The van der Waals surface area contributed by atoms with Crippen molar-refractivity contribution >= 4 is 16.9 Å². The minimum absolute atomic E-state index is 0.0312. The maximum atomic E-state index is 12.8. The van der Waals surface area contributed by atoms with Crippen LogP contribution >= 0.6 is 0 Å². The number of benzene rings is 1. The van der Waals surface area contributed by atoms with Crippen LogP contribution in [-0.2, 0) is 4.79 Å². The van der Waals surface area contributed by atoms with Gasteiger partial charge in [0.1, 0.15) is 11.3 Å². The summed E-state index contributed by atoms with van der Waals surface area (Å²) in [5, 5.41) is 11.1. The normalized spacial score (nSPS) is 16.7. The molecule has 1 saturated carbocycles. The lowest BCUT2D eigenvalue weighted by atomic mass is 10.0. The molecule has 1 aliphatic rings. The lowest BCUT2D eigenvalue weighted by molar-refractivity contribution is -0.136. The van der Waals surface area contributed by atoms with Crippen LogP contribution in [-0.4, -0.2) is 34.1 Å². The van der Waals surface area contributed by atoms with E-state index in [1.165, 1.54) is 0 Å². The van der Waals surface area contributed by atoms with Gasteiger partial charge in [-0.2, -0.15) is 0 Å². The quantitative estimate of drug-likeness (QED) is 0.922. The highest BCUT2D eigenvalue weighted by Gasteiger charge is 2.38. The van der Waals surface area contributed by atoms with Crippen molar-refractivity contribution in [1.82, 2.24) is 4.90 Å². The lowest BCUT2D eigenvalue weighted by Crippen LogP contribution is -2.45. The fraction of sp³-hybridized carbons (Fsp3) is 0.500. The monoisotopic (exact) mass is 301 g/mol. The van der Waals surface area contributed by atoms with Crippen LogP contribution in [0.3, 0.4) is 0 Å². The van der Waals surface area contributed by atoms with Crippen molar-refractivity contribution in [3.05, 3.63) is 36.1 Å². The third-order valence-electron chi connectivity index (χ3n) is 4.07. The Bertz CT molecular complexity index is 646. The lowest BCUT2D eigenvalue weighted by Gasteiger charge is -2.30. The van der Waals surface area contributed by atoms with Gasteiger partial charge in [-0.25, -0.2) is 0 Å². The Kier molecular flexibility index (Phi) is 3.73. The van der Waals surface area contributed by atoms with Gasteiger partial charge < -0.3 is 14.4 Å². The Balaban J connectivity index is 1.82. The molecule has 1 aromatic carbocycles. The molecule has 1 atom stereocenters. The van der Waals surface area contributed by atoms with E-state index < -0.39 is 5.60 Å². The molecule has 4 heteroatoms. The van der Waals surface area contributed by atoms with E-state index in [1.54, 1.807) is 13.8 Å². The van der Waals surface area contributed by atoms with Gasteiger partial charge in [-0.1, -0.05) is 18.2 Å². The molecule has 1 aliphatic carbocycles. The molecule has 3 rings (SSSR count). The molecule has 0 bridgehead atoms. The minimum Gasteiger partial charge on any atom is -0.460 e. The number of hydrogen-bond donors (Lipinski definition) is 1. The molecule has 0 radical (unpaired) electrons. The van der Waals surface area contributed by atoms with Crippen LogP contribution in [0.2, 0.25) is 0 Å². The van der Waals surface area contributed by atoms with Gasteiger partial charge in [0.15, 0.2) is 0 Å². The van der Waals surface area contributed by atoms with Crippen LogP contribution in [0.5, 0.6) is 0 Å². The number of carbonyl (C=O) groups excluding carboxylic acids is 1. The number of para-hydroxylation sites is 1. The average molecular weight is 301 g/mol. The third kappa shape index (κ3) is 3.17. The number of hydrogen-bond acceptors (Lipinski definition) is 3. The van der Waals surface area contributed by atoms with Gasteiger partial charge >= 0.3 is 0 Å². The van der Waals surface area contributed by atoms with Crippen molar-refractivity contribution in [2.24, 2.45) is 0 Å². The van der Waals surface area contributed by atoms with Crippen LogP contribution < -0.4 is 0 Å². The second-order valence-electron chi connectivity index (χ2n) is 6.92. The Hall–Kier alpha value is -1.81. The molecule has 0 spiro atoms. The topological polar surface area (TPSA) is 53.7 Å². The third-order valence-corrected chi connectivity index (χ3v) is 4.07. The summed E-state index contributed by atoms with van der Waals surface area (Å²) >= 11 is 0. The maximum Gasteiger partial charge on any atom is 0.233 e. The number of rotatable bonds is 5. The first-order chi connectivity index (χ1) is 10.3. The molecule has 0 aliphatic heterocycles. The van der Waals surface area contributed by atoms with Crippen LogP contribution in [0, 0.1) is 0 Å². The maximum absolute atomic E-state index is 12.8. The van der Waals surface area contributed by atoms with E-state index in [0.717, 1.165) is 23.8 Å². The van der Waals surface area contributed by atoms with E-state index in [1.807, 2.05) is 42.2 Å².